The first-order valence-electron chi connectivity index (χ1n) is 5.53. The van der Waals surface area contributed by atoms with Crippen LogP contribution in [0.5, 0.6) is 0 Å². The minimum absolute atomic E-state index is 0.0704. The molecule has 5 nitrogen and oxygen atoms in total. The summed E-state index contributed by atoms with van der Waals surface area (Å²) < 4.78 is 0. The number of carboxylic acid groups (broad SMARTS) is 1. The molecule has 0 saturated heterocycles. The molecule has 0 saturated carbocycles. The summed E-state index contributed by atoms with van der Waals surface area (Å²) in [5.74, 6) is -0.935. The van der Waals surface area contributed by atoms with Crippen molar-refractivity contribution in [2.75, 3.05) is 19.7 Å². The molecule has 0 bridgehead atoms. The number of hydrogen-bond donors (Lipinski definition) is 4. The first-order valence-corrected chi connectivity index (χ1v) is 5.53. The maximum Gasteiger partial charge on any atom is 0.320 e. The van der Waals surface area contributed by atoms with E-state index in [1.165, 1.54) is 0 Å². The molecule has 0 aromatic heterocycles. The smallest absolute Gasteiger partial charge is 0.320 e. The lowest BCUT2D eigenvalue weighted by Crippen LogP contribution is -2.30. The quantitative estimate of drug-likeness (QED) is 0.333. The second-order valence-electron chi connectivity index (χ2n) is 3.85. The average Bonchev–Trinajstić information content (AvgIpc) is 2.23. The Hall–Kier alpha value is -0.910. The van der Waals surface area contributed by atoms with Crippen molar-refractivity contribution in [3.63, 3.8) is 0 Å². The number of nitrogens with one attached hydrogen (secondary N) is 1. The third-order valence-electron chi connectivity index (χ3n) is 2.28. The number of carboxylic acids is 1. The van der Waals surface area contributed by atoms with Gasteiger partial charge in [0.1, 0.15) is 6.04 Å². The van der Waals surface area contributed by atoms with Gasteiger partial charge in [-0.05, 0) is 26.3 Å². The van der Waals surface area contributed by atoms with E-state index in [1.807, 2.05) is 6.92 Å². The van der Waals surface area contributed by atoms with Crippen molar-refractivity contribution in [2.24, 2.45) is 5.73 Å². The van der Waals surface area contributed by atoms with Gasteiger partial charge in [-0.15, -0.1) is 0 Å². The summed E-state index contributed by atoms with van der Waals surface area (Å²) in [6, 6.07) is -0.740. The molecule has 1 unspecified atom stereocenters. The average molecular weight is 230 g/mol. The molecule has 0 amide bonds. The van der Waals surface area contributed by atoms with E-state index in [2.05, 4.69) is 5.32 Å². The number of nitrogens with two attached hydrogens (primary N) is 1. The Labute approximate surface area is 96.3 Å². The van der Waals surface area contributed by atoms with Crippen LogP contribution in [0.2, 0.25) is 0 Å². The zero-order valence-electron chi connectivity index (χ0n) is 9.78. The van der Waals surface area contributed by atoms with Gasteiger partial charge in [-0.25, -0.2) is 0 Å². The van der Waals surface area contributed by atoms with Crippen LogP contribution in [0, 0.1) is 0 Å². The second kappa shape index (κ2) is 9.33. The first kappa shape index (κ1) is 15.1. The fourth-order valence-corrected chi connectivity index (χ4v) is 1.25. The zero-order valence-corrected chi connectivity index (χ0v) is 9.78. The van der Waals surface area contributed by atoms with E-state index in [9.17, 15) is 4.79 Å². The molecule has 0 aromatic carbocycles. The lowest BCUT2D eigenvalue weighted by Gasteiger charge is -2.07. The van der Waals surface area contributed by atoms with Gasteiger partial charge in [0, 0.05) is 6.54 Å². The van der Waals surface area contributed by atoms with Crippen LogP contribution in [0.1, 0.15) is 26.2 Å². The molecule has 0 spiro atoms. The fourth-order valence-electron chi connectivity index (χ4n) is 1.25. The van der Waals surface area contributed by atoms with E-state index in [4.69, 9.17) is 15.9 Å². The summed E-state index contributed by atoms with van der Waals surface area (Å²) in [6.45, 7) is 3.61. The lowest BCUT2D eigenvalue weighted by molar-refractivity contribution is -0.138. The molecule has 16 heavy (non-hydrogen) atoms. The van der Waals surface area contributed by atoms with Gasteiger partial charge < -0.3 is 21.3 Å². The standard InChI is InChI=1S/C11H22N2O3/c1-9(5-7-14)8-13-6-3-2-4-10(12)11(15)16/h5,10,13-14H,2-4,6-8,12H2,1H3,(H,15,16). The van der Waals surface area contributed by atoms with Gasteiger partial charge >= 0.3 is 5.97 Å². The highest BCUT2D eigenvalue weighted by atomic mass is 16.4. The predicted octanol–water partition coefficient (Wildman–Crippen LogP) is 0.0968. The van der Waals surface area contributed by atoms with Crippen LogP contribution in [0.3, 0.4) is 0 Å². The maximum atomic E-state index is 10.4. The van der Waals surface area contributed by atoms with Crippen LogP contribution >= 0.6 is 0 Å². The van der Waals surface area contributed by atoms with Crippen LogP contribution in [-0.4, -0.2) is 41.9 Å². The van der Waals surface area contributed by atoms with E-state index in [0.717, 1.165) is 31.5 Å². The molecule has 0 fully saturated rings. The summed E-state index contributed by atoms with van der Waals surface area (Å²) in [5, 5.41) is 20.4. The van der Waals surface area contributed by atoms with Gasteiger partial charge in [0.25, 0.3) is 0 Å². The van der Waals surface area contributed by atoms with E-state index in [-0.39, 0.29) is 6.61 Å². The van der Waals surface area contributed by atoms with Crippen molar-refractivity contribution >= 4 is 5.97 Å². The van der Waals surface area contributed by atoms with E-state index in [0.29, 0.717) is 6.42 Å². The Bertz CT molecular complexity index is 229. The molecule has 0 aromatic rings. The number of aliphatic hydroxyl groups is 1. The van der Waals surface area contributed by atoms with Crippen molar-refractivity contribution in [1.82, 2.24) is 5.32 Å². The van der Waals surface area contributed by atoms with Gasteiger partial charge in [-0.2, -0.15) is 0 Å². The molecule has 1 atom stereocenters. The third-order valence-corrected chi connectivity index (χ3v) is 2.28. The number of aliphatic carboxylic acids is 1. The Morgan fingerprint density at radius 3 is 2.75 bits per heavy atom. The summed E-state index contributed by atoms with van der Waals surface area (Å²) in [7, 11) is 0. The molecule has 0 rings (SSSR count). The number of carbonyl (C=O) groups is 1. The lowest BCUT2D eigenvalue weighted by atomic mass is 10.1. The fraction of sp³-hybridized carbons (Fsp3) is 0.727. The minimum Gasteiger partial charge on any atom is -0.480 e. The Balaban J connectivity index is 3.34. The number of rotatable bonds is 9. The summed E-state index contributed by atoms with van der Waals surface area (Å²) >= 11 is 0. The number of aliphatic hydroxyl groups excluding tert-OH is 1. The zero-order chi connectivity index (χ0) is 12.4. The molecule has 0 radical (unpaired) electrons. The topological polar surface area (TPSA) is 95.6 Å². The van der Waals surface area contributed by atoms with E-state index >= 15 is 0 Å². The molecular formula is C11H22N2O3. The second-order valence-corrected chi connectivity index (χ2v) is 3.85. The normalized spacial score (nSPS) is 13.8. The number of hydrogen-bond acceptors (Lipinski definition) is 4. The van der Waals surface area contributed by atoms with Crippen LogP contribution < -0.4 is 11.1 Å². The minimum atomic E-state index is -0.935. The maximum absolute atomic E-state index is 10.4. The predicted molar refractivity (Wildman–Crippen MR) is 63.2 cm³/mol. The monoisotopic (exact) mass is 230 g/mol. The van der Waals surface area contributed by atoms with E-state index in [1.54, 1.807) is 6.08 Å². The highest BCUT2D eigenvalue weighted by Gasteiger charge is 2.09. The van der Waals surface area contributed by atoms with Crippen molar-refractivity contribution in [2.45, 2.75) is 32.2 Å². The molecule has 5 heteroatoms. The van der Waals surface area contributed by atoms with Crippen molar-refractivity contribution < 1.29 is 15.0 Å². The third kappa shape index (κ3) is 8.40. The van der Waals surface area contributed by atoms with Gasteiger partial charge in [-0.3, -0.25) is 4.79 Å². The number of unbranched alkanes of at least 4 members (excludes halogenated alkanes) is 1. The van der Waals surface area contributed by atoms with Gasteiger partial charge in [0.15, 0.2) is 0 Å². The van der Waals surface area contributed by atoms with Crippen LogP contribution in [0.4, 0.5) is 0 Å². The molecule has 94 valence electrons. The van der Waals surface area contributed by atoms with Crippen molar-refractivity contribution in [3.8, 4) is 0 Å². The summed E-state index contributed by atoms with van der Waals surface area (Å²) in [6.07, 6.45) is 3.99. The Kier molecular flexibility index (Phi) is 8.80. The first-order chi connectivity index (χ1) is 7.57. The largest absolute Gasteiger partial charge is 0.480 e. The molecule has 0 aliphatic rings. The molecular weight excluding hydrogens is 208 g/mol. The molecule has 5 N–H and O–H groups in total. The van der Waals surface area contributed by atoms with Crippen LogP contribution in [-0.2, 0) is 4.79 Å². The highest BCUT2D eigenvalue weighted by molar-refractivity contribution is 5.72. The summed E-state index contributed by atoms with van der Waals surface area (Å²) in [5.41, 5.74) is 6.46. The van der Waals surface area contributed by atoms with Crippen LogP contribution in [0.15, 0.2) is 11.6 Å². The Morgan fingerprint density at radius 1 is 1.50 bits per heavy atom. The van der Waals surface area contributed by atoms with Gasteiger partial charge in [0.05, 0.1) is 6.61 Å². The van der Waals surface area contributed by atoms with Crippen molar-refractivity contribution in [1.29, 1.82) is 0 Å². The SMILES string of the molecule is CC(=CCO)CNCCCCC(N)C(=O)O. The van der Waals surface area contributed by atoms with Crippen molar-refractivity contribution in [3.05, 3.63) is 11.6 Å². The molecule has 0 aliphatic heterocycles. The van der Waals surface area contributed by atoms with E-state index < -0.39 is 12.0 Å². The van der Waals surface area contributed by atoms with Gasteiger partial charge in [0.2, 0.25) is 0 Å². The molecule has 0 aliphatic carbocycles. The van der Waals surface area contributed by atoms with Crippen LogP contribution in [0.25, 0.3) is 0 Å². The highest BCUT2D eigenvalue weighted by Crippen LogP contribution is 1.98. The molecule has 0 heterocycles. The van der Waals surface area contributed by atoms with Gasteiger partial charge in [-0.1, -0.05) is 18.1 Å². The summed E-state index contributed by atoms with van der Waals surface area (Å²) in [4.78, 5) is 10.4. The Morgan fingerprint density at radius 2 is 2.19 bits per heavy atom.